The Kier molecular flexibility index (Phi) is 4.38. The monoisotopic (exact) mass is 253 g/mol. The van der Waals surface area contributed by atoms with Gasteiger partial charge in [0.05, 0.1) is 11.7 Å². The van der Waals surface area contributed by atoms with Crippen LogP contribution in [0.15, 0.2) is 0 Å². The molecule has 18 heavy (non-hydrogen) atoms. The molecule has 106 valence electrons. The van der Waals surface area contributed by atoms with Crippen LogP contribution in [0, 0.1) is 11.3 Å². The molecule has 1 unspecified atom stereocenters. The summed E-state index contributed by atoms with van der Waals surface area (Å²) in [4.78, 5) is 0. The third-order valence-corrected chi connectivity index (χ3v) is 4.68. The van der Waals surface area contributed by atoms with Crippen LogP contribution < -0.4 is 5.32 Å². The first-order valence-corrected chi connectivity index (χ1v) is 7.79. The van der Waals surface area contributed by atoms with E-state index in [0.29, 0.717) is 11.5 Å². The van der Waals surface area contributed by atoms with Gasteiger partial charge in [0.2, 0.25) is 0 Å². The lowest BCUT2D eigenvalue weighted by molar-refractivity contribution is -0.0488. The van der Waals surface area contributed by atoms with Crippen molar-refractivity contribution >= 4 is 0 Å². The molecular formula is C16H31NO. The van der Waals surface area contributed by atoms with Crippen molar-refractivity contribution in [3.05, 3.63) is 0 Å². The largest absolute Gasteiger partial charge is 0.372 e. The summed E-state index contributed by atoms with van der Waals surface area (Å²) in [6.07, 6.45) is 8.50. The Morgan fingerprint density at radius 1 is 1.22 bits per heavy atom. The minimum Gasteiger partial charge on any atom is -0.372 e. The first-order chi connectivity index (χ1) is 8.41. The quantitative estimate of drug-likeness (QED) is 0.778. The number of nitrogens with one attached hydrogen (secondary N) is 1. The molecule has 2 rings (SSSR count). The van der Waals surface area contributed by atoms with E-state index in [0.717, 1.165) is 12.5 Å². The summed E-state index contributed by atoms with van der Waals surface area (Å²) in [6, 6.07) is 0. The molecule has 1 aliphatic heterocycles. The molecule has 0 radical (unpaired) electrons. The molecular weight excluding hydrogens is 222 g/mol. The highest BCUT2D eigenvalue weighted by Gasteiger charge is 2.42. The lowest BCUT2D eigenvalue weighted by Gasteiger charge is -2.44. The van der Waals surface area contributed by atoms with Crippen LogP contribution in [0.2, 0.25) is 0 Å². The van der Waals surface area contributed by atoms with Crippen molar-refractivity contribution in [1.29, 1.82) is 0 Å². The smallest absolute Gasteiger partial charge is 0.0631 e. The second-order valence-corrected chi connectivity index (χ2v) is 7.62. The Morgan fingerprint density at radius 3 is 2.39 bits per heavy atom. The molecule has 0 aromatic heterocycles. The van der Waals surface area contributed by atoms with Crippen molar-refractivity contribution in [2.24, 2.45) is 11.3 Å². The Morgan fingerprint density at radius 2 is 1.94 bits per heavy atom. The highest BCUT2D eigenvalue weighted by Crippen LogP contribution is 2.47. The molecule has 2 heteroatoms. The van der Waals surface area contributed by atoms with Gasteiger partial charge >= 0.3 is 0 Å². The van der Waals surface area contributed by atoms with Gasteiger partial charge in [-0.15, -0.1) is 0 Å². The standard InChI is InChI=1S/C16H31NO/c1-13(2)11-17-12-16(7-5-8-16)10-14-6-9-15(3,4)18-14/h13-14,17H,5-12H2,1-4H3. The van der Waals surface area contributed by atoms with Gasteiger partial charge in [-0.05, 0) is 63.8 Å². The molecule has 0 amide bonds. The van der Waals surface area contributed by atoms with Crippen LogP contribution >= 0.6 is 0 Å². The van der Waals surface area contributed by atoms with Gasteiger partial charge in [0.1, 0.15) is 0 Å². The van der Waals surface area contributed by atoms with Gasteiger partial charge in [-0.1, -0.05) is 20.3 Å². The van der Waals surface area contributed by atoms with Crippen LogP contribution in [0.25, 0.3) is 0 Å². The fourth-order valence-corrected chi connectivity index (χ4v) is 3.46. The van der Waals surface area contributed by atoms with Crippen molar-refractivity contribution in [1.82, 2.24) is 5.32 Å². The van der Waals surface area contributed by atoms with Crippen LogP contribution in [0.1, 0.15) is 66.2 Å². The molecule has 2 fully saturated rings. The fourth-order valence-electron chi connectivity index (χ4n) is 3.46. The summed E-state index contributed by atoms with van der Waals surface area (Å²) in [5, 5.41) is 3.67. The average molecular weight is 253 g/mol. The molecule has 1 atom stereocenters. The van der Waals surface area contributed by atoms with E-state index in [9.17, 15) is 0 Å². The predicted octanol–water partition coefficient (Wildman–Crippen LogP) is 3.75. The summed E-state index contributed by atoms with van der Waals surface area (Å²) >= 11 is 0. The Bertz CT molecular complexity index is 268. The van der Waals surface area contributed by atoms with Crippen molar-refractivity contribution in [3.63, 3.8) is 0 Å². The Hall–Kier alpha value is -0.0800. The highest BCUT2D eigenvalue weighted by atomic mass is 16.5. The van der Waals surface area contributed by atoms with Gasteiger partial charge in [-0.3, -0.25) is 0 Å². The molecule has 2 aliphatic rings. The molecule has 1 saturated carbocycles. The maximum Gasteiger partial charge on any atom is 0.0631 e. The molecule has 0 bridgehead atoms. The lowest BCUT2D eigenvalue weighted by atomic mass is 9.65. The second kappa shape index (κ2) is 5.50. The Balaban J connectivity index is 1.78. The van der Waals surface area contributed by atoms with E-state index < -0.39 is 0 Å². The first kappa shape index (κ1) is 14.3. The van der Waals surface area contributed by atoms with Crippen molar-refractivity contribution in [3.8, 4) is 0 Å². The second-order valence-electron chi connectivity index (χ2n) is 7.62. The number of rotatable bonds is 6. The van der Waals surface area contributed by atoms with Crippen LogP contribution in [0.4, 0.5) is 0 Å². The van der Waals surface area contributed by atoms with E-state index in [1.165, 1.54) is 45.1 Å². The number of hydrogen-bond donors (Lipinski definition) is 1. The molecule has 1 N–H and O–H groups in total. The van der Waals surface area contributed by atoms with Crippen LogP contribution in [-0.4, -0.2) is 24.8 Å². The minimum atomic E-state index is 0.126. The van der Waals surface area contributed by atoms with E-state index in [2.05, 4.69) is 33.0 Å². The van der Waals surface area contributed by atoms with E-state index in [-0.39, 0.29) is 5.60 Å². The number of ether oxygens (including phenoxy) is 1. The molecule has 2 nitrogen and oxygen atoms in total. The Labute approximate surface area is 113 Å². The van der Waals surface area contributed by atoms with Crippen LogP contribution in [-0.2, 0) is 4.74 Å². The molecule has 1 aliphatic carbocycles. The maximum atomic E-state index is 6.18. The minimum absolute atomic E-state index is 0.126. The van der Waals surface area contributed by atoms with E-state index in [1.54, 1.807) is 0 Å². The van der Waals surface area contributed by atoms with Gasteiger partial charge in [-0.25, -0.2) is 0 Å². The molecule has 1 heterocycles. The zero-order chi connectivity index (χ0) is 13.2. The third-order valence-electron chi connectivity index (χ3n) is 4.68. The summed E-state index contributed by atoms with van der Waals surface area (Å²) in [5.74, 6) is 0.754. The zero-order valence-electron chi connectivity index (χ0n) is 12.7. The SMILES string of the molecule is CC(C)CNCC1(CC2CCC(C)(C)O2)CCC1. The van der Waals surface area contributed by atoms with Gasteiger partial charge in [0.15, 0.2) is 0 Å². The molecule has 0 spiro atoms. The number of hydrogen-bond acceptors (Lipinski definition) is 2. The molecule has 1 saturated heterocycles. The van der Waals surface area contributed by atoms with Gasteiger partial charge < -0.3 is 10.1 Å². The van der Waals surface area contributed by atoms with Crippen LogP contribution in [0.5, 0.6) is 0 Å². The highest BCUT2D eigenvalue weighted by molar-refractivity contribution is 4.94. The molecule has 0 aromatic carbocycles. The van der Waals surface area contributed by atoms with Crippen molar-refractivity contribution < 1.29 is 4.74 Å². The molecule has 0 aromatic rings. The lowest BCUT2D eigenvalue weighted by Crippen LogP contribution is -2.43. The fraction of sp³-hybridized carbons (Fsp3) is 1.00. The van der Waals surface area contributed by atoms with Gasteiger partial charge in [0, 0.05) is 6.54 Å². The predicted molar refractivity (Wildman–Crippen MR) is 76.8 cm³/mol. The average Bonchev–Trinajstić information content (AvgIpc) is 2.53. The van der Waals surface area contributed by atoms with Gasteiger partial charge in [-0.2, -0.15) is 0 Å². The zero-order valence-corrected chi connectivity index (χ0v) is 12.7. The normalized spacial score (nSPS) is 29.5. The van der Waals surface area contributed by atoms with Crippen LogP contribution in [0.3, 0.4) is 0 Å². The maximum absolute atomic E-state index is 6.18. The topological polar surface area (TPSA) is 21.3 Å². The van der Waals surface area contributed by atoms with E-state index in [1.807, 2.05) is 0 Å². The van der Waals surface area contributed by atoms with Gasteiger partial charge in [0.25, 0.3) is 0 Å². The van der Waals surface area contributed by atoms with E-state index >= 15 is 0 Å². The summed E-state index contributed by atoms with van der Waals surface area (Å²) in [6.45, 7) is 11.4. The summed E-state index contributed by atoms with van der Waals surface area (Å²) in [5.41, 5.74) is 0.681. The summed E-state index contributed by atoms with van der Waals surface area (Å²) in [7, 11) is 0. The summed E-state index contributed by atoms with van der Waals surface area (Å²) < 4.78 is 6.18. The van der Waals surface area contributed by atoms with Crippen molar-refractivity contribution in [2.45, 2.75) is 77.9 Å². The third kappa shape index (κ3) is 3.71. The first-order valence-electron chi connectivity index (χ1n) is 7.79. The van der Waals surface area contributed by atoms with Crippen molar-refractivity contribution in [2.75, 3.05) is 13.1 Å². The van der Waals surface area contributed by atoms with E-state index in [4.69, 9.17) is 4.74 Å².